The van der Waals surface area contributed by atoms with Crippen molar-refractivity contribution < 1.29 is 0 Å². The highest BCUT2D eigenvalue weighted by Gasteiger charge is 2.37. The van der Waals surface area contributed by atoms with Crippen molar-refractivity contribution in [3.8, 4) is 56.2 Å². The molecule has 236 valence electrons. The van der Waals surface area contributed by atoms with Gasteiger partial charge in [-0.3, -0.25) is 0 Å². The van der Waals surface area contributed by atoms with E-state index in [1.54, 1.807) is 0 Å². The van der Waals surface area contributed by atoms with Crippen LogP contribution in [0.15, 0.2) is 158 Å². The molecular weight excluding hydrogens is 625 g/mol. The molecule has 2 aromatic heterocycles. The molecule has 0 radical (unpaired) electrons. The summed E-state index contributed by atoms with van der Waals surface area (Å²) in [6.07, 6.45) is 0. The lowest BCUT2D eigenvalue weighted by Crippen LogP contribution is -2.14. The van der Waals surface area contributed by atoms with Crippen LogP contribution in [0.2, 0.25) is 0 Å². The number of fused-ring (bicyclic) bond motifs is 7. The van der Waals surface area contributed by atoms with Crippen LogP contribution in [0.25, 0.3) is 87.1 Å². The van der Waals surface area contributed by atoms with Crippen molar-refractivity contribution in [2.75, 3.05) is 0 Å². The van der Waals surface area contributed by atoms with Crippen molar-refractivity contribution in [3.63, 3.8) is 0 Å². The molecule has 2 nitrogen and oxygen atoms in total. The summed E-state index contributed by atoms with van der Waals surface area (Å²) in [5, 5.41) is 5.16. The first-order valence-electron chi connectivity index (χ1n) is 17.2. The Balaban J connectivity index is 1.09. The average molecular weight is 657 g/mol. The fourth-order valence-corrected chi connectivity index (χ4v) is 9.02. The lowest BCUT2D eigenvalue weighted by Gasteiger charge is -2.22. The fraction of sp³-hybridized carbons (Fsp3) is 0.0638. The number of rotatable bonds is 4. The maximum Gasteiger partial charge on any atom is 0.160 e. The highest BCUT2D eigenvalue weighted by molar-refractivity contribution is 7.25. The molecule has 2 heterocycles. The first-order valence-corrected chi connectivity index (χ1v) is 18.0. The monoisotopic (exact) mass is 656 g/mol. The van der Waals surface area contributed by atoms with Crippen LogP contribution in [0.5, 0.6) is 0 Å². The van der Waals surface area contributed by atoms with Gasteiger partial charge in [0.2, 0.25) is 0 Å². The van der Waals surface area contributed by atoms with Gasteiger partial charge >= 0.3 is 0 Å². The molecule has 9 aromatic rings. The minimum Gasteiger partial charge on any atom is -0.228 e. The molecule has 0 saturated heterocycles. The third-order valence-corrected chi connectivity index (χ3v) is 11.6. The minimum absolute atomic E-state index is 0.0747. The largest absolute Gasteiger partial charge is 0.228 e. The van der Waals surface area contributed by atoms with Gasteiger partial charge < -0.3 is 0 Å². The Morgan fingerprint density at radius 2 is 1.10 bits per heavy atom. The van der Waals surface area contributed by atoms with E-state index in [9.17, 15) is 0 Å². The minimum atomic E-state index is -0.0747. The van der Waals surface area contributed by atoms with Crippen LogP contribution in [0.1, 0.15) is 25.0 Å². The van der Waals surface area contributed by atoms with Gasteiger partial charge in [0.05, 0.1) is 11.4 Å². The van der Waals surface area contributed by atoms with Crippen molar-refractivity contribution in [1.29, 1.82) is 0 Å². The van der Waals surface area contributed by atoms with Crippen molar-refractivity contribution >= 4 is 42.3 Å². The Bertz CT molecular complexity index is 2770. The van der Waals surface area contributed by atoms with Gasteiger partial charge in [-0.05, 0) is 74.5 Å². The summed E-state index contributed by atoms with van der Waals surface area (Å²) in [5.74, 6) is 0.727. The summed E-state index contributed by atoms with van der Waals surface area (Å²) in [6.45, 7) is 4.71. The molecule has 10 rings (SSSR count). The van der Waals surface area contributed by atoms with Gasteiger partial charge in [-0.2, -0.15) is 0 Å². The van der Waals surface area contributed by atoms with Gasteiger partial charge in [0, 0.05) is 42.3 Å². The Morgan fingerprint density at radius 1 is 0.440 bits per heavy atom. The molecule has 1 aliphatic carbocycles. The van der Waals surface area contributed by atoms with Crippen molar-refractivity contribution in [1.82, 2.24) is 9.97 Å². The summed E-state index contributed by atoms with van der Waals surface area (Å²) in [7, 11) is 0. The molecule has 0 spiro atoms. The number of nitrogens with zero attached hydrogens (tertiary/aromatic N) is 2. The zero-order valence-corrected chi connectivity index (χ0v) is 28.6. The zero-order chi connectivity index (χ0) is 33.4. The number of aromatic nitrogens is 2. The predicted octanol–water partition coefficient (Wildman–Crippen LogP) is 13.0. The maximum atomic E-state index is 5.13. The molecule has 0 aliphatic heterocycles. The topological polar surface area (TPSA) is 25.8 Å². The normalized spacial score (nSPS) is 13.2. The maximum absolute atomic E-state index is 5.13. The number of hydrogen-bond donors (Lipinski definition) is 0. The molecule has 0 fully saturated rings. The van der Waals surface area contributed by atoms with E-state index in [1.165, 1.54) is 64.3 Å². The van der Waals surface area contributed by atoms with Crippen LogP contribution in [0.3, 0.4) is 0 Å². The lowest BCUT2D eigenvalue weighted by molar-refractivity contribution is 0.661. The van der Waals surface area contributed by atoms with Gasteiger partial charge in [-0.15, -0.1) is 11.3 Å². The van der Waals surface area contributed by atoms with E-state index in [-0.39, 0.29) is 5.41 Å². The number of thiophene rings is 1. The van der Waals surface area contributed by atoms with Crippen LogP contribution in [-0.4, -0.2) is 9.97 Å². The first kappa shape index (κ1) is 29.1. The van der Waals surface area contributed by atoms with E-state index in [0.717, 1.165) is 33.9 Å². The summed E-state index contributed by atoms with van der Waals surface area (Å²) < 4.78 is 2.57. The van der Waals surface area contributed by atoms with Crippen molar-refractivity contribution in [2.45, 2.75) is 19.3 Å². The third kappa shape index (κ3) is 4.54. The lowest BCUT2D eigenvalue weighted by atomic mass is 9.81. The Kier molecular flexibility index (Phi) is 6.43. The van der Waals surface area contributed by atoms with Crippen LogP contribution in [0.4, 0.5) is 0 Å². The van der Waals surface area contributed by atoms with E-state index in [4.69, 9.17) is 9.97 Å². The molecule has 0 saturated carbocycles. The van der Waals surface area contributed by atoms with E-state index in [1.807, 2.05) is 29.5 Å². The van der Waals surface area contributed by atoms with E-state index in [0.29, 0.717) is 0 Å². The summed E-state index contributed by atoms with van der Waals surface area (Å²) >= 11 is 1.83. The van der Waals surface area contributed by atoms with Gasteiger partial charge in [0.25, 0.3) is 0 Å². The molecule has 1 aliphatic rings. The van der Waals surface area contributed by atoms with Crippen molar-refractivity contribution in [2.24, 2.45) is 0 Å². The SMILES string of the molecule is CC1(C)c2cc3ccccc3cc2-c2c(-c3ccc(-c4cc(-c5ccc6c(c5)sc5ccccc56)nc(-c5ccccc5)n4)cc3)cccc21. The van der Waals surface area contributed by atoms with E-state index in [2.05, 4.69) is 153 Å². The molecule has 0 N–H and O–H groups in total. The smallest absolute Gasteiger partial charge is 0.160 e. The highest BCUT2D eigenvalue weighted by Crippen LogP contribution is 2.53. The average Bonchev–Trinajstić information content (AvgIpc) is 3.65. The summed E-state index contributed by atoms with van der Waals surface area (Å²) in [4.78, 5) is 10.2. The summed E-state index contributed by atoms with van der Waals surface area (Å²) in [5.41, 5.74) is 12.8. The van der Waals surface area contributed by atoms with Crippen LogP contribution < -0.4 is 0 Å². The van der Waals surface area contributed by atoms with Crippen LogP contribution in [-0.2, 0) is 5.41 Å². The quantitative estimate of drug-likeness (QED) is 0.188. The van der Waals surface area contributed by atoms with Crippen molar-refractivity contribution in [3.05, 3.63) is 169 Å². The van der Waals surface area contributed by atoms with Gasteiger partial charge in [0.15, 0.2) is 5.82 Å². The molecule has 0 amide bonds. The zero-order valence-electron chi connectivity index (χ0n) is 27.8. The van der Waals surface area contributed by atoms with Gasteiger partial charge in [-0.25, -0.2) is 9.97 Å². The number of benzene rings is 7. The first-order chi connectivity index (χ1) is 24.5. The third-order valence-electron chi connectivity index (χ3n) is 10.5. The Hall–Kier alpha value is -5.90. The predicted molar refractivity (Wildman–Crippen MR) is 212 cm³/mol. The molecule has 0 bridgehead atoms. The molecule has 50 heavy (non-hydrogen) atoms. The van der Waals surface area contributed by atoms with Crippen LogP contribution in [0, 0.1) is 0 Å². The van der Waals surface area contributed by atoms with Crippen LogP contribution >= 0.6 is 11.3 Å². The Morgan fingerprint density at radius 3 is 1.92 bits per heavy atom. The second-order valence-electron chi connectivity index (χ2n) is 13.8. The second-order valence-corrected chi connectivity index (χ2v) is 14.9. The molecule has 0 unspecified atom stereocenters. The Labute approximate surface area is 295 Å². The van der Waals surface area contributed by atoms with E-state index < -0.39 is 0 Å². The summed E-state index contributed by atoms with van der Waals surface area (Å²) in [6, 6.07) is 57.0. The van der Waals surface area contributed by atoms with Gasteiger partial charge in [0.1, 0.15) is 0 Å². The number of hydrogen-bond acceptors (Lipinski definition) is 3. The van der Waals surface area contributed by atoms with E-state index >= 15 is 0 Å². The highest BCUT2D eigenvalue weighted by atomic mass is 32.1. The molecule has 3 heteroatoms. The fourth-order valence-electron chi connectivity index (χ4n) is 7.88. The molecule has 7 aromatic carbocycles. The molecular formula is C47H32N2S. The molecule has 0 atom stereocenters. The standard InChI is InChI=1S/C47H32N2S/c1-47(2)39-17-10-16-35(45(39)38-25-32-13-6-7-14-33(32)26-40(38)47)29-19-21-30(22-20-29)41-28-42(49-46(48-41)31-11-4-3-5-12-31)34-23-24-37-36-15-8-9-18-43(36)50-44(37)27-34/h3-28H,1-2H3. The van der Waals surface area contributed by atoms with Gasteiger partial charge in [-0.1, -0.05) is 141 Å². The second kappa shape index (κ2) is 11.1.